The van der Waals surface area contributed by atoms with Crippen molar-refractivity contribution < 1.29 is 14.3 Å². The average molecular weight is 249 g/mol. The van der Waals surface area contributed by atoms with E-state index in [1.54, 1.807) is 6.92 Å². The van der Waals surface area contributed by atoms with Gasteiger partial charge < -0.3 is 9.47 Å². The summed E-state index contributed by atoms with van der Waals surface area (Å²) >= 11 is 0. The third-order valence-electron chi connectivity index (χ3n) is 2.32. The third-order valence-corrected chi connectivity index (χ3v) is 2.32. The Labute approximate surface area is 106 Å². The number of hydrogen-bond acceptors (Lipinski definition) is 6. The molecular formula is C12H15N3O3. The highest BCUT2D eigenvalue weighted by Crippen LogP contribution is 2.23. The van der Waals surface area contributed by atoms with E-state index in [1.165, 1.54) is 19.3 Å². The monoisotopic (exact) mass is 249 g/mol. The lowest BCUT2D eigenvalue weighted by Gasteiger charge is -2.18. The Morgan fingerprint density at radius 1 is 1.44 bits per heavy atom. The van der Waals surface area contributed by atoms with Gasteiger partial charge in [-0.15, -0.1) is 0 Å². The first kappa shape index (κ1) is 13.9. The summed E-state index contributed by atoms with van der Waals surface area (Å²) in [4.78, 5) is 19.8. The molecule has 6 heteroatoms. The Hall–Kier alpha value is -2.16. The molecular weight excluding hydrogens is 234 g/mol. The SMILES string of the molecule is CCOC(=O)C(C)(C#N)c1cncc(OCC)n1. The number of esters is 1. The molecule has 1 aromatic rings. The van der Waals surface area contributed by atoms with Gasteiger partial charge in [0.25, 0.3) is 0 Å². The molecule has 1 unspecified atom stereocenters. The van der Waals surface area contributed by atoms with Gasteiger partial charge in [-0.1, -0.05) is 0 Å². The molecule has 0 aromatic carbocycles. The topological polar surface area (TPSA) is 85.1 Å². The Morgan fingerprint density at radius 3 is 2.72 bits per heavy atom. The molecule has 0 radical (unpaired) electrons. The van der Waals surface area contributed by atoms with Crippen LogP contribution in [0.3, 0.4) is 0 Å². The molecule has 1 heterocycles. The van der Waals surface area contributed by atoms with Gasteiger partial charge in [-0.25, -0.2) is 9.78 Å². The molecule has 1 rings (SSSR count). The molecule has 0 spiro atoms. The minimum Gasteiger partial charge on any atom is -0.477 e. The van der Waals surface area contributed by atoms with E-state index in [2.05, 4.69) is 9.97 Å². The Bertz CT molecular complexity index is 470. The summed E-state index contributed by atoms with van der Waals surface area (Å²) in [5.74, 6) is -0.365. The van der Waals surface area contributed by atoms with Crippen LogP contribution in [-0.2, 0) is 14.9 Å². The van der Waals surface area contributed by atoms with E-state index in [-0.39, 0.29) is 18.2 Å². The summed E-state index contributed by atoms with van der Waals surface area (Å²) in [5.41, 5.74) is -1.26. The number of nitriles is 1. The standard InChI is InChI=1S/C12H15N3O3/c1-4-17-10-7-14-6-9(15-10)12(3,8-13)11(16)18-5-2/h6-7H,4-5H2,1-3H3. The summed E-state index contributed by atoms with van der Waals surface area (Å²) in [7, 11) is 0. The van der Waals surface area contributed by atoms with E-state index in [9.17, 15) is 10.1 Å². The summed E-state index contributed by atoms with van der Waals surface area (Å²) in [6, 6.07) is 1.92. The quantitative estimate of drug-likeness (QED) is 0.729. The maximum Gasteiger partial charge on any atom is 0.332 e. The second-order valence-electron chi connectivity index (χ2n) is 3.63. The molecule has 18 heavy (non-hydrogen) atoms. The number of ether oxygens (including phenoxy) is 2. The van der Waals surface area contributed by atoms with Gasteiger partial charge in [0.1, 0.15) is 0 Å². The fourth-order valence-electron chi connectivity index (χ4n) is 1.29. The summed E-state index contributed by atoms with van der Waals surface area (Å²) < 4.78 is 10.1. The molecule has 0 aliphatic rings. The fourth-order valence-corrected chi connectivity index (χ4v) is 1.29. The van der Waals surface area contributed by atoms with E-state index in [1.807, 2.05) is 13.0 Å². The maximum absolute atomic E-state index is 11.8. The molecule has 0 aliphatic carbocycles. The molecule has 1 atom stereocenters. The summed E-state index contributed by atoms with van der Waals surface area (Å²) in [6.07, 6.45) is 2.79. The zero-order chi connectivity index (χ0) is 13.6. The maximum atomic E-state index is 11.8. The first-order valence-corrected chi connectivity index (χ1v) is 5.62. The number of carbonyl (C=O) groups is 1. The zero-order valence-corrected chi connectivity index (χ0v) is 10.6. The lowest BCUT2D eigenvalue weighted by Crippen LogP contribution is -2.34. The lowest BCUT2D eigenvalue weighted by atomic mass is 9.89. The zero-order valence-electron chi connectivity index (χ0n) is 10.6. The fraction of sp³-hybridized carbons (Fsp3) is 0.500. The van der Waals surface area contributed by atoms with Crippen molar-refractivity contribution in [2.24, 2.45) is 0 Å². The van der Waals surface area contributed by atoms with Crippen molar-refractivity contribution in [1.29, 1.82) is 5.26 Å². The van der Waals surface area contributed by atoms with Crippen LogP contribution in [0.1, 0.15) is 26.5 Å². The predicted molar refractivity (Wildman–Crippen MR) is 62.8 cm³/mol. The third kappa shape index (κ3) is 2.74. The summed E-state index contributed by atoms with van der Waals surface area (Å²) in [6.45, 7) is 5.57. The highest BCUT2D eigenvalue weighted by atomic mass is 16.5. The van der Waals surface area contributed by atoms with Gasteiger partial charge >= 0.3 is 5.97 Å². The molecule has 0 saturated heterocycles. The van der Waals surface area contributed by atoms with Crippen molar-refractivity contribution in [2.45, 2.75) is 26.2 Å². The first-order chi connectivity index (χ1) is 8.58. The number of nitrogens with zero attached hydrogens (tertiary/aromatic N) is 3. The van der Waals surface area contributed by atoms with Gasteiger partial charge in [0.15, 0.2) is 5.41 Å². The molecule has 0 saturated carbocycles. The van der Waals surface area contributed by atoms with Crippen LogP contribution in [0.15, 0.2) is 12.4 Å². The molecule has 0 fully saturated rings. The Morgan fingerprint density at radius 2 is 2.17 bits per heavy atom. The van der Waals surface area contributed by atoms with Crippen LogP contribution in [0, 0.1) is 11.3 Å². The molecule has 96 valence electrons. The minimum atomic E-state index is -1.48. The predicted octanol–water partition coefficient (Wildman–Crippen LogP) is 1.22. The van der Waals surface area contributed by atoms with Crippen molar-refractivity contribution in [2.75, 3.05) is 13.2 Å². The van der Waals surface area contributed by atoms with Crippen LogP contribution < -0.4 is 4.74 Å². The minimum absolute atomic E-state index is 0.203. The molecule has 1 aromatic heterocycles. The normalized spacial score (nSPS) is 13.2. The molecule has 0 N–H and O–H groups in total. The Balaban J connectivity index is 3.12. The van der Waals surface area contributed by atoms with Crippen LogP contribution in [0.4, 0.5) is 0 Å². The van der Waals surface area contributed by atoms with Crippen LogP contribution >= 0.6 is 0 Å². The number of aromatic nitrogens is 2. The van der Waals surface area contributed by atoms with Gasteiger partial charge in [-0.05, 0) is 20.8 Å². The smallest absolute Gasteiger partial charge is 0.332 e. The second kappa shape index (κ2) is 5.96. The van der Waals surface area contributed by atoms with E-state index in [0.717, 1.165) is 0 Å². The number of carbonyl (C=O) groups excluding carboxylic acids is 1. The van der Waals surface area contributed by atoms with E-state index in [4.69, 9.17) is 9.47 Å². The highest BCUT2D eigenvalue weighted by molar-refractivity contribution is 5.85. The van der Waals surface area contributed by atoms with Crippen molar-refractivity contribution in [3.63, 3.8) is 0 Å². The highest BCUT2D eigenvalue weighted by Gasteiger charge is 2.39. The number of rotatable bonds is 5. The van der Waals surface area contributed by atoms with Crippen molar-refractivity contribution in [3.8, 4) is 11.9 Å². The van der Waals surface area contributed by atoms with Crippen LogP contribution in [0.5, 0.6) is 5.88 Å². The van der Waals surface area contributed by atoms with Crippen LogP contribution in [0.25, 0.3) is 0 Å². The molecule has 6 nitrogen and oxygen atoms in total. The van der Waals surface area contributed by atoms with Gasteiger partial charge in [-0.3, -0.25) is 4.98 Å². The second-order valence-corrected chi connectivity index (χ2v) is 3.63. The van der Waals surface area contributed by atoms with Crippen LogP contribution in [-0.4, -0.2) is 29.2 Å². The van der Waals surface area contributed by atoms with Gasteiger partial charge in [0.2, 0.25) is 5.88 Å². The largest absolute Gasteiger partial charge is 0.477 e. The average Bonchev–Trinajstić information content (AvgIpc) is 2.38. The molecule has 0 aliphatic heterocycles. The van der Waals surface area contributed by atoms with E-state index in [0.29, 0.717) is 6.61 Å². The first-order valence-electron chi connectivity index (χ1n) is 5.62. The molecule has 0 amide bonds. The van der Waals surface area contributed by atoms with E-state index >= 15 is 0 Å². The lowest BCUT2D eigenvalue weighted by molar-refractivity contribution is -0.147. The number of hydrogen-bond donors (Lipinski definition) is 0. The summed E-state index contributed by atoms with van der Waals surface area (Å²) in [5, 5.41) is 9.20. The van der Waals surface area contributed by atoms with Crippen molar-refractivity contribution in [1.82, 2.24) is 9.97 Å². The van der Waals surface area contributed by atoms with Crippen LogP contribution in [0.2, 0.25) is 0 Å². The Kier molecular flexibility index (Phi) is 4.60. The van der Waals surface area contributed by atoms with Gasteiger partial charge in [0, 0.05) is 0 Å². The van der Waals surface area contributed by atoms with E-state index < -0.39 is 11.4 Å². The van der Waals surface area contributed by atoms with Crippen molar-refractivity contribution in [3.05, 3.63) is 18.1 Å². The van der Waals surface area contributed by atoms with Gasteiger partial charge in [0.05, 0.1) is 37.4 Å². The van der Waals surface area contributed by atoms with Crippen molar-refractivity contribution >= 4 is 5.97 Å². The van der Waals surface area contributed by atoms with Gasteiger partial charge in [-0.2, -0.15) is 5.26 Å². The molecule has 0 bridgehead atoms.